The summed E-state index contributed by atoms with van der Waals surface area (Å²) in [5.74, 6) is 0.642. The van der Waals surface area contributed by atoms with Crippen LogP contribution >= 0.6 is 0 Å². The van der Waals surface area contributed by atoms with E-state index in [2.05, 4.69) is 64.2 Å². The molecule has 0 fully saturated rings. The molecule has 1 unspecified atom stereocenters. The molecule has 0 aliphatic carbocycles. The highest BCUT2D eigenvalue weighted by molar-refractivity contribution is 5.29. The second-order valence-electron chi connectivity index (χ2n) is 5.92. The molecule has 0 amide bonds. The van der Waals surface area contributed by atoms with E-state index in [1.165, 1.54) is 17.5 Å². The standard InChI is InChI=1S/C16H27N/c1-6-17-12-11-13(2)14-7-9-15(10-8-14)16(3,4)5/h7-10,13,17H,6,11-12H2,1-5H3. The van der Waals surface area contributed by atoms with E-state index in [1.54, 1.807) is 0 Å². The predicted molar refractivity (Wildman–Crippen MR) is 76.7 cm³/mol. The molecule has 0 aliphatic heterocycles. The molecule has 1 aromatic rings. The topological polar surface area (TPSA) is 12.0 Å². The molecule has 1 rings (SSSR count). The van der Waals surface area contributed by atoms with Gasteiger partial charge in [-0.2, -0.15) is 0 Å². The zero-order valence-corrected chi connectivity index (χ0v) is 12.0. The first-order valence-electron chi connectivity index (χ1n) is 6.76. The number of rotatable bonds is 5. The van der Waals surface area contributed by atoms with Crippen LogP contribution in [0.5, 0.6) is 0 Å². The van der Waals surface area contributed by atoms with E-state index < -0.39 is 0 Å². The molecular formula is C16H27N. The molecule has 0 bridgehead atoms. The van der Waals surface area contributed by atoms with Crippen LogP contribution in [0.2, 0.25) is 0 Å². The van der Waals surface area contributed by atoms with E-state index in [9.17, 15) is 0 Å². The van der Waals surface area contributed by atoms with E-state index in [0.29, 0.717) is 5.92 Å². The van der Waals surface area contributed by atoms with Crippen LogP contribution in [0, 0.1) is 0 Å². The van der Waals surface area contributed by atoms with Crippen LogP contribution in [0.25, 0.3) is 0 Å². The van der Waals surface area contributed by atoms with Crippen LogP contribution in [0.4, 0.5) is 0 Å². The Morgan fingerprint density at radius 1 is 1.12 bits per heavy atom. The first kappa shape index (κ1) is 14.2. The molecule has 0 saturated carbocycles. The van der Waals surface area contributed by atoms with Gasteiger partial charge in [-0.25, -0.2) is 0 Å². The lowest BCUT2D eigenvalue weighted by Crippen LogP contribution is -2.16. The Labute approximate surface area is 107 Å². The summed E-state index contributed by atoms with van der Waals surface area (Å²) in [5, 5.41) is 3.38. The Morgan fingerprint density at radius 3 is 2.18 bits per heavy atom. The van der Waals surface area contributed by atoms with Crippen LogP contribution < -0.4 is 5.32 Å². The SMILES string of the molecule is CCNCCC(C)c1ccc(C(C)(C)C)cc1. The fourth-order valence-corrected chi connectivity index (χ4v) is 1.97. The molecule has 1 heteroatoms. The van der Waals surface area contributed by atoms with Gasteiger partial charge in [0, 0.05) is 0 Å². The van der Waals surface area contributed by atoms with Crippen molar-refractivity contribution in [2.24, 2.45) is 0 Å². The smallest absolute Gasteiger partial charge is 0.00433 e. The van der Waals surface area contributed by atoms with Crippen LogP contribution in [-0.2, 0) is 5.41 Å². The lowest BCUT2D eigenvalue weighted by Gasteiger charge is -2.20. The monoisotopic (exact) mass is 233 g/mol. The van der Waals surface area contributed by atoms with Gasteiger partial charge in [0.25, 0.3) is 0 Å². The number of hydrogen-bond acceptors (Lipinski definition) is 1. The van der Waals surface area contributed by atoms with Gasteiger partial charge in [0.15, 0.2) is 0 Å². The highest BCUT2D eigenvalue weighted by Crippen LogP contribution is 2.25. The van der Waals surface area contributed by atoms with Crippen LogP contribution in [0.1, 0.15) is 58.1 Å². The van der Waals surface area contributed by atoms with Gasteiger partial charge in [0.1, 0.15) is 0 Å². The summed E-state index contributed by atoms with van der Waals surface area (Å²) in [7, 11) is 0. The Morgan fingerprint density at radius 2 is 1.71 bits per heavy atom. The maximum Gasteiger partial charge on any atom is -0.00433 e. The van der Waals surface area contributed by atoms with E-state index in [4.69, 9.17) is 0 Å². The summed E-state index contributed by atoms with van der Waals surface area (Å²) >= 11 is 0. The molecule has 0 radical (unpaired) electrons. The third-order valence-corrected chi connectivity index (χ3v) is 3.35. The quantitative estimate of drug-likeness (QED) is 0.755. The van der Waals surface area contributed by atoms with Crippen molar-refractivity contribution >= 4 is 0 Å². The highest BCUT2D eigenvalue weighted by Gasteiger charge is 2.13. The Hall–Kier alpha value is -0.820. The molecule has 96 valence electrons. The summed E-state index contributed by atoms with van der Waals surface area (Å²) in [6.45, 7) is 13.4. The molecular weight excluding hydrogens is 206 g/mol. The van der Waals surface area contributed by atoms with Crippen LogP contribution in [-0.4, -0.2) is 13.1 Å². The predicted octanol–water partition coefficient (Wildman–Crippen LogP) is 4.09. The molecule has 17 heavy (non-hydrogen) atoms. The minimum Gasteiger partial charge on any atom is -0.317 e. The van der Waals surface area contributed by atoms with Gasteiger partial charge in [-0.05, 0) is 42.0 Å². The van der Waals surface area contributed by atoms with E-state index >= 15 is 0 Å². The Bertz CT molecular complexity index is 318. The van der Waals surface area contributed by atoms with Gasteiger partial charge in [0.05, 0.1) is 0 Å². The number of nitrogens with one attached hydrogen (secondary N) is 1. The molecule has 0 spiro atoms. The summed E-state index contributed by atoms with van der Waals surface area (Å²) in [6.07, 6.45) is 1.21. The first-order valence-corrected chi connectivity index (χ1v) is 6.76. The van der Waals surface area contributed by atoms with E-state index in [-0.39, 0.29) is 5.41 Å². The highest BCUT2D eigenvalue weighted by atomic mass is 14.8. The fourth-order valence-electron chi connectivity index (χ4n) is 1.97. The molecule has 0 saturated heterocycles. The second-order valence-corrected chi connectivity index (χ2v) is 5.92. The summed E-state index contributed by atoms with van der Waals surface area (Å²) < 4.78 is 0. The normalized spacial score (nSPS) is 13.7. The van der Waals surface area contributed by atoms with Gasteiger partial charge >= 0.3 is 0 Å². The second kappa shape index (κ2) is 6.20. The van der Waals surface area contributed by atoms with Gasteiger partial charge in [-0.15, -0.1) is 0 Å². The molecule has 0 aromatic heterocycles. The summed E-state index contributed by atoms with van der Waals surface area (Å²) in [6, 6.07) is 9.13. The first-order chi connectivity index (χ1) is 7.95. The maximum absolute atomic E-state index is 3.38. The van der Waals surface area contributed by atoms with Crippen LogP contribution in [0.3, 0.4) is 0 Å². The van der Waals surface area contributed by atoms with Crippen molar-refractivity contribution in [2.45, 2.75) is 52.4 Å². The zero-order valence-electron chi connectivity index (χ0n) is 12.0. The Balaban J connectivity index is 2.61. The van der Waals surface area contributed by atoms with Gasteiger partial charge in [-0.1, -0.05) is 58.9 Å². The lowest BCUT2D eigenvalue weighted by atomic mass is 9.85. The number of benzene rings is 1. The lowest BCUT2D eigenvalue weighted by molar-refractivity contribution is 0.586. The van der Waals surface area contributed by atoms with Gasteiger partial charge in [-0.3, -0.25) is 0 Å². The van der Waals surface area contributed by atoms with Crippen molar-refractivity contribution in [3.05, 3.63) is 35.4 Å². The van der Waals surface area contributed by atoms with Crippen molar-refractivity contribution in [2.75, 3.05) is 13.1 Å². The molecule has 1 atom stereocenters. The molecule has 1 aromatic carbocycles. The molecule has 1 N–H and O–H groups in total. The van der Waals surface area contributed by atoms with Crippen molar-refractivity contribution in [1.82, 2.24) is 5.32 Å². The average molecular weight is 233 g/mol. The zero-order chi connectivity index (χ0) is 12.9. The van der Waals surface area contributed by atoms with Crippen molar-refractivity contribution < 1.29 is 0 Å². The third kappa shape index (κ3) is 4.51. The Kier molecular flexibility index (Phi) is 5.20. The minimum atomic E-state index is 0.255. The van der Waals surface area contributed by atoms with E-state index in [1.807, 2.05) is 0 Å². The van der Waals surface area contributed by atoms with Crippen molar-refractivity contribution in [3.63, 3.8) is 0 Å². The number of hydrogen-bond donors (Lipinski definition) is 1. The molecule has 0 aliphatic rings. The summed E-state index contributed by atoms with van der Waals surface area (Å²) in [5.41, 5.74) is 3.13. The van der Waals surface area contributed by atoms with Crippen LogP contribution in [0.15, 0.2) is 24.3 Å². The molecule has 0 heterocycles. The van der Waals surface area contributed by atoms with Gasteiger partial charge < -0.3 is 5.32 Å². The maximum atomic E-state index is 3.38. The van der Waals surface area contributed by atoms with E-state index in [0.717, 1.165) is 13.1 Å². The third-order valence-electron chi connectivity index (χ3n) is 3.35. The largest absolute Gasteiger partial charge is 0.317 e. The van der Waals surface area contributed by atoms with Gasteiger partial charge in [0.2, 0.25) is 0 Å². The molecule has 1 nitrogen and oxygen atoms in total. The average Bonchev–Trinajstić information content (AvgIpc) is 2.28. The van der Waals surface area contributed by atoms with Crippen molar-refractivity contribution in [3.8, 4) is 0 Å². The summed E-state index contributed by atoms with van der Waals surface area (Å²) in [4.78, 5) is 0. The fraction of sp³-hybridized carbons (Fsp3) is 0.625. The minimum absolute atomic E-state index is 0.255. The van der Waals surface area contributed by atoms with Crippen molar-refractivity contribution in [1.29, 1.82) is 0 Å².